The van der Waals surface area contributed by atoms with Gasteiger partial charge >= 0.3 is 5.97 Å². The summed E-state index contributed by atoms with van der Waals surface area (Å²) >= 11 is 1.68. The summed E-state index contributed by atoms with van der Waals surface area (Å²) in [4.78, 5) is 10.7. The van der Waals surface area contributed by atoms with E-state index in [4.69, 9.17) is 0 Å². The van der Waals surface area contributed by atoms with Crippen LogP contribution in [0.4, 0.5) is 0 Å². The zero-order valence-corrected chi connectivity index (χ0v) is 8.67. The number of hydrogen-bond acceptors (Lipinski definition) is 4. The molecule has 12 heavy (non-hydrogen) atoms. The molecule has 0 aromatic heterocycles. The molecule has 1 aliphatic rings. The van der Waals surface area contributed by atoms with Crippen molar-refractivity contribution in [1.29, 1.82) is 0 Å². The maximum absolute atomic E-state index is 10.7. The van der Waals surface area contributed by atoms with Crippen molar-refractivity contribution in [3.05, 3.63) is 0 Å². The third kappa shape index (κ3) is 4.18. The van der Waals surface area contributed by atoms with E-state index in [1.807, 2.05) is 0 Å². The number of halogens is 1. The molecule has 5 heteroatoms. The Morgan fingerprint density at radius 1 is 1.75 bits per heavy atom. The molecule has 72 valence electrons. The van der Waals surface area contributed by atoms with Gasteiger partial charge in [-0.1, -0.05) is 0 Å². The lowest BCUT2D eigenvalue weighted by Gasteiger charge is -2.05. The van der Waals surface area contributed by atoms with Gasteiger partial charge in [-0.25, -0.2) is 0 Å². The van der Waals surface area contributed by atoms with Gasteiger partial charge in [0.25, 0.3) is 0 Å². The number of thioether (sulfide) groups is 1. The quantitative estimate of drug-likeness (QED) is 0.697. The van der Waals surface area contributed by atoms with Gasteiger partial charge in [0.05, 0.1) is 12.9 Å². The molecule has 1 heterocycles. The number of esters is 1. The molecule has 3 nitrogen and oxygen atoms in total. The lowest BCUT2D eigenvalue weighted by Crippen LogP contribution is -2.13. The van der Waals surface area contributed by atoms with Crippen molar-refractivity contribution in [2.24, 2.45) is 0 Å². The molecule has 0 bridgehead atoms. The van der Waals surface area contributed by atoms with Crippen LogP contribution >= 0.6 is 24.2 Å². The largest absolute Gasteiger partial charge is 0.468 e. The Morgan fingerprint density at radius 2 is 2.50 bits per heavy atom. The number of rotatable bonds is 3. The Kier molecular flexibility index (Phi) is 6.61. The van der Waals surface area contributed by atoms with Crippen molar-refractivity contribution in [1.82, 2.24) is 5.32 Å². The molecular formula is C7H14ClNO2S. The first-order chi connectivity index (χ1) is 5.33. The molecule has 1 saturated heterocycles. The van der Waals surface area contributed by atoms with Crippen LogP contribution in [-0.2, 0) is 9.53 Å². The summed E-state index contributed by atoms with van der Waals surface area (Å²) in [5.41, 5.74) is 0. The predicted octanol–water partition coefficient (Wildman–Crippen LogP) is 0.676. The SMILES string of the molecule is COC(=O)CSC1CCNC1.Cl. The molecule has 0 radical (unpaired) electrons. The van der Waals surface area contributed by atoms with E-state index in [2.05, 4.69) is 10.1 Å². The van der Waals surface area contributed by atoms with Crippen molar-refractivity contribution < 1.29 is 9.53 Å². The normalized spacial score (nSPS) is 21.6. The summed E-state index contributed by atoms with van der Waals surface area (Å²) in [6, 6.07) is 0. The van der Waals surface area contributed by atoms with E-state index in [-0.39, 0.29) is 18.4 Å². The van der Waals surface area contributed by atoms with E-state index < -0.39 is 0 Å². The fraction of sp³-hybridized carbons (Fsp3) is 0.857. The molecule has 0 aromatic rings. The molecular weight excluding hydrogens is 198 g/mol. The highest BCUT2D eigenvalue weighted by molar-refractivity contribution is 8.00. The standard InChI is InChI=1S/C7H13NO2S.ClH/c1-10-7(9)5-11-6-2-3-8-4-6;/h6,8H,2-5H2,1H3;1H. The van der Waals surface area contributed by atoms with Crippen LogP contribution in [0.25, 0.3) is 0 Å². The van der Waals surface area contributed by atoms with Crippen molar-refractivity contribution in [3.63, 3.8) is 0 Å². The minimum absolute atomic E-state index is 0. The highest BCUT2D eigenvalue weighted by Gasteiger charge is 2.15. The summed E-state index contributed by atoms with van der Waals surface area (Å²) in [6.45, 7) is 2.11. The van der Waals surface area contributed by atoms with Gasteiger partial charge < -0.3 is 10.1 Å². The lowest BCUT2D eigenvalue weighted by atomic mass is 10.4. The van der Waals surface area contributed by atoms with Crippen molar-refractivity contribution in [2.45, 2.75) is 11.7 Å². The van der Waals surface area contributed by atoms with Gasteiger partial charge in [0.15, 0.2) is 0 Å². The third-order valence-corrected chi connectivity index (χ3v) is 2.96. The zero-order valence-electron chi connectivity index (χ0n) is 7.04. The molecule has 0 amide bonds. The first-order valence-electron chi connectivity index (χ1n) is 3.72. The molecule has 1 atom stereocenters. The summed E-state index contributed by atoms with van der Waals surface area (Å²) < 4.78 is 4.53. The van der Waals surface area contributed by atoms with E-state index in [0.717, 1.165) is 13.1 Å². The highest BCUT2D eigenvalue weighted by Crippen LogP contribution is 2.16. The molecule has 0 saturated carbocycles. The fourth-order valence-corrected chi connectivity index (χ4v) is 2.03. The maximum atomic E-state index is 10.7. The minimum atomic E-state index is -0.123. The van der Waals surface area contributed by atoms with Gasteiger partial charge in [-0.15, -0.1) is 24.2 Å². The molecule has 1 unspecified atom stereocenters. The molecule has 1 aliphatic heterocycles. The maximum Gasteiger partial charge on any atom is 0.315 e. The smallest absolute Gasteiger partial charge is 0.315 e. The summed E-state index contributed by atoms with van der Waals surface area (Å²) in [7, 11) is 1.43. The second kappa shape index (κ2) is 6.57. The van der Waals surface area contributed by atoms with E-state index in [1.165, 1.54) is 13.5 Å². The summed E-state index contributed by atoms with van der Waals surface area (Å²) in [6.07, 6.45) is 1.17. The lowest BCUT2D eigenvalue weighted by molar-refractivity contribution is -0.137. The number of methoxy groups -OCH3 is 1. The van der Waals surface area contributed by atoms with Crippen molar-refractivity contribution in [2.75, 3.05) is 26.0 Å². The van der Waals surface area contributed by atoms with Gasteiger partial charge in [0.2, 0.25) is 0 Å². The van der Waals surface area contributed by atoms with Crippen LogP contribution in [0.3, 0.4) is 0 Å². The van der Waals surface area contributed by atoms with Crippen LogP contribution in [0, 0.1) is 0 Å². The number of nitrogens with one attached hydrogen (secondary N) is 1. The molecule has 0 aliphatic carbocycles. The Labute approximate surface area is 83.0 Å². The zero-order chi connectivity index (χ0) is 8.10. The summed E-state index contributed by atoms with van der Waals surface area (Å²) in [5.74, 6) is 0.366. The first-order valence-corrected chi connectivity index (χ1v) is 4.77. The van der Waals surface area contributed by atoms with Crippen LogP contribution in [0.1, 0.15) is 6.42 Å². The van der Waals surface area contributed by atoms with E-state index >= 15 is 0 Å². The third-order valence-electron chi connectivity index (χ3n) is 1.68. The van der Waals surface area contributed by atoms with Crippen LogP contribution in [0.5, 0.6) is 0 Å². The Bertz CT molecular complexity index is 139. The Balaban J connectivity index is 0.00000121. The molecule has 0 spiro atoms. The van der Waals surface area contributed by atoms with Gasteiger partial charge in [0.1, 0.15) is 0 Å². The number of hydrogen-bond donors (Lipinski definition) is 1. The average Bonchev–Trinajstić information content (AvgIpc) is 2.52. The minimum Gasteiger partial charge on any atom is -0.468 e. The Hall–Kier alpha value is 0.0700. The van der Waals surface area contributed by atoms with Gasteiger partial charge in [-0.05, 0) is 13.0 Å². The average molecular weight is 212 g/mol. The Morgan fingerprint density at radius 3 is 3.00 bits per heavy atom. The van der Waals surface area contributed by atoms with E-state index in [0.29, 0.717) is 11.0 Å². The van der Waals surface area contributed by atoms with Gasteiger partial charge in [0, 0.05) is 11.8 Å². The second-order valence-electron chi connectivity index (χ2n) is 2.50. The van der Waals surface area contributed by atoms with E-state index in [9.17, 15) is 4.79 Å². The summed E-state index contributed by atoms with van der Waals surface area (Å²) in [5, 5.41) is 3.85. The molecule has 1 N–H and O–H groups in total. The number of ether oxygens (including phenoxy) is 1. The van der Waals surface area contributed by atoms with Crippen LogP contribution in [-0.4, -0.2) is 37.2 Å². The van der Waals surface area contributed by atoms with Crippen molar-refractivity contribution >= 4 is 30.1 Å². The highest BCUT2D eigenvalue weighted by atomic mass is 35.5. The second-order valence-corrected chi connectivity index (χ2v) is 3.79. The van der Waals surface area contributed by atoms with Crippen LogP contribution in [0.2, 0.25) is 0 Å². The topological polar surface area (TPSA) is 38.3 Å². The molecule has 0 aromatic carbocycles. The van der Waals surface area contributed by atoms with Crippen LogP contribution in [0.15, 0.2) is 0 Å². The van der Waals surface area contributed by atoms with Gasteiger partial charge in [-0.3, -0.25) is 4.79 Å². The molecule has 1 fully saturated rings. The van der Waals surface area contributed by atoms with Gasteiger partial charge in [-0.2, -0.15) is 0 Å². The number of carbonyl (C=O) groups excluding carboxylic acids is 1. The molecule has 1 rings (SSSR count). The van der Waals surface area contributed by atoms with E-state index in [1.54, 1.807) is 11.8 Å². The first kappa shape index (κ1) is 12.1. The van der Waals surface area contributed by atoms with Crippen molar-refractivity contribution in [3.8, 4) is 0 Å². The monoisotopic (exact) mass is 211 g/mol. The fourth-order valence-electron chi connectivity index (χ4n) is 1.02. The predicted molar refractivity (Wildman–Crippen MR) is 53.0 cm³/mol. The number of carbonyl (C=O) groups is 1. The van der Waals surface area contributed by atoms with Crippen LogP contribution < -0.4 is 5.32 Å².